The van der Waals surface area contributed by atoms with Crippen molar-refractivity contribution >= 4 is 11.9 Å². The summed E-state index contributed by atoms with van der Waals surface area (Å²) in [5.74, 6) is -0.698. The first kappa shape index (κ1) is 15.2. The highest BCUT2D eigenvalue weighted by atomic mass is 19.4. The van der Waals surface area contributed by atoms with Crippen LogP contribution in [0.15, 0.2) is 12.3 Å². The van der Waals surface area contributed by atoms with Crippen molar-refractivity contribution in [2.45, 2.75) is 19.5 Å². The van der Waals surface area contributed by atoms with Gasteiger partial charge in [-0.2, -0.15) is 13.2 Å². The van der Waals surface area contributed by atoms with Gasteiger partial charge in [0.25, 0.3) is 0 Å². The van der Waals surface area contributed by atoms with Crippen molar-refractivity contribution in [3.8, 4) is 0 Å². The standard InChI is InChI=1S/C11H14F3N3O2/c1-3-6-17(7-9(18)19-2)10-15-5-4-8(16-10)11(12,13)14/h4-5H,3,6-7H2,1-2H3. The maximum Gasteiger partial charge on any atom is 0.433 e. The minimum Gasteiger partial charge on any atom is -0.468 e. The van der Waals surface area contributed by atoms with Gasteiger partial charge in [0.2, 0.25) is 5.95 Å². The van der Waals surface area contributed by atoms with Gasteiger partial charge in [0.15, 0.2) is 0 Å². The van der Waals surface area contributed by atoms with E-state index in [2.05, 4.69) is 14.7 Å². The van der Waals surface area contributed by atoms with Crippen LogP contribution in [-0.2, 0) is 15.7 Å². The van der Waals surface area contributed by atoms with E-state index < -0.39 is 17.8 Å². The van der Waals surface area contributed by atoms with E-state index in [1.165, 1.54) is 12.0 Å². The predicted molar refractivity (Wildman–Crippen MR) is 61.6 cm³/mol. The Morgan fingerprint density at radius 1 is 1.47 bits per heavy atom. The summed E-state index contributed by atoms with van der Waals surface area (Å²) in [7, 11) is 1.21. The van der Waals surface area contributed by atoms with Gasteiger partial charge in [-0.3, -0.25) is 4.79 Å². The molecule has 0 saturated heterocycles. The first-order valence-electron chi connectivity index (χ1n) is 5.60. The Balaban J connectivity index is 2.99. The summed E-state index contributed by atoms with van der Waals surface area (Å²) in [5, 5.41) is 0. The van der Waals surface area contributed by atoms with Crippen LogP contribution in [0.1, 0.15) is 19.0 Å². The molecule has 0 N–H and O–H groups in total. The zero-order valence-electron chi connectivity index (χ0n) is 10.6. The molecule has 0 bridgehead atoms. The highest BCUT2D eigenvalue weighted by Crippen LogP contribution is 2.28. The molecular weight excluding hydrogens is 263 g/mol. The quantitative estimate of drug-likeness (QED) is 0.769. The van der Waals surface area contributed by atoms with Crippen molar-refractivity contribution in [1.29, 1.82) is 0 Å². The Labute approximate surface area is 108 Å². The molecule has 19 heavy (non-hydrogen) atoms. The fraction of sp³-hybridized carbons (Fsp3) is 0.545. The van der Waals surface area contributed by atoms with Crippen molar-refractivity contribution < 1.29 is 22.7 Å². The van der Waals surface area contributed by atoms with E-state index in [1.54, 1.807) is 0 Å². The first-order valence-corrected chi connectivity index (χ1v) is 5.60. The van der Waals surface area contributed by atoms with Gasteiger partial charge in [-0.1, -0.05) is 6.92 Å². The zero-order valence-corrected chi connectivity index (χ0v) is 10.6. The predicted octanol–water partition coefficient (Wildman–Crippen LogP) is 1.88. The van der Waals surface area contributed by atoms with E-state index in [-0.39, 0.29) is 12.5 Å². The zero-order chi connectivity index (χ0) is 14.5. The Morgan fingerprint density at radius 2 is 2.16 bits per heavy atom. The largest absolute Gasteiger partial charge is 0.468 e. The van der Waals surface area contributed by atoms with Crippen molar-refractivity contribution in [2.75, 3.05) is 25.1 Å². The fourth-order valence-electron chi connectivity index (χ4n) is 1.40. The summed E-state index contributed by atoms with van der Waals surface area (Å²) >= 11 is 0. The topological polar surface area (TPSA) is 55.3 Å². The number of carbonyl (C=O) groups excluding carboxylic acids is 1. The SMILES string of the molecule is CCCN(CC(=O)OC)c1nccc(C(F)(F)F)n1. The van der Waals surface area contributed by atoms with Crippen LogP contribution < -0.4 is 4.90 Å². The van der Waals surface area contributed by atoms with Crippen LogP contribution in [0.5, 0.6) is 0 Å². The minimum absolute atomic E-state index is 0.137. The van der Waals surface area contributed by atoms with Gasteiger partial charge in [-0.15, -0.1) is 0 Å². The molecule has 0 saturated carbocycles. The molecule has 0 radical (unpaired) electrons. The van der Waals surface area contributed by atoms with Crippen LogP contribution in [0.25, 0.3) is 0 Å². The van der Waals surface area contributed by atoms with Crippen molar-refractivity contribution in [3.63, 3.8) is 0 Å². The van der Waals surface area contributed by atoms with Crippen LogP contribution in [0, 0.1) is 0 Å². The molecule has 0 fully saturated rings. The number of alkyl halides is 3. The van der Waals surface area contributed by atoms with Gasteiger partial charge in [0, 0.05) is 12.7 Å². The molecular formula is C11H14F3N3O2. The number of hydrogen-bond acceptors (Lipinski definition) is 5. The van der Waals surface area contributed by atoms with Crippen LogP contribution in [-0.4, -0.2) is 36.1 Å². The van der Waals surface area contributed by atoms with Crippen LogP contribution in [0.4, 0.5) is 19.1 Å². The molecule has 0 spiro atoms. The van der Waals surface area contributed by atoms with Crippen LogP contribution >= 0.6 is 0 Å². The highest BCUT2D eigenvalue weighted by Gasteiger charge is 2.33. The van der Waals surface area contributed by atoms with Crippen LogP contribution in [0.2, 0.25) is 0 Å². The van der Waals surface area contributed by atoms with Gasteiger partial charge in [0.05, 0.1) is 7.11 Å². The second-order valence-corrected chi connectivity index (χ2v) is 3.74. The number of ether oxygens (including phenoxy) is 1. The summed E-state index contributed by atoms with van der Waals surface area (Å²) in [6.07, 6.45) is -2.89. The number of halogens is 3. The third-order valence-electron chi connectivity index (χ3n) is 2.26. The lowest BCUT2D eigenvalue weighted by Gasteiger charge is -2.21. The maximum absolute atomic E-state index is 12.5. The third kappa shape index (κ3) is 4.38. The monoisotopic (exact) mass is 277 g/mol. The minimum atomic E-state index is -4.54. The molecule has 8 heteroatoms. The van der Waals surface area contributed by atoms with E-state index in [4.69, 9.17) is 0 Å². The van der Waals surface area contributed by atoms with Gasteiger partial charge in [-0.25, -0.2) is 9.97 Å². The second-order valence-electron chi connectivity index (χ2n) is 3.74. The number of nitrogens with zero attached hydrogens (tertiary/aromatic N) is 3. The Morgan fingerprint density at radius 3 is 2.68 bits per heavy atom. The van der Waals surface area contributed by atoms with Crippen molar-refractivity contribution in [3.05, 3.63) is 18.0 Å². The summed E-state index contributed by atoms with van der Waals surface area (Å²) in [6.45, 7) is 2.00. The van der Waals surface area contributed by atoms with E-state index >= 15 is 0 Å². The lowest BCUT2D eigenvalue weighted by Crippen LogP contribution is -2.33. The van der Waals surface area contributed by atoms with Gasteiger partial charge in [-0.05, 0) is 12.5 Å². The molecule has 0 atom stereocenters. The average Bonchev–Trinajstić information content (AvgIpc) is 2.37. The molecule has 1 aromatic rings. The number of esters is 1. The smallest absolute Gasteiger partial charge is 0.433 e. The van der Waals surface area contributed by atoms with Crippen LogP contribution in [0.3, 0.4) is 0 Å². The molecule has 0 amide bonds. The number of anilines is 1. The van der Waals surface area contributed by atoms with Crippen molar-refractivity contribution in [2.24, 2.45) is 0 Å². The number of carbonyl (C=O) groups is 1. The molecule has 1 rings (SSSR count). The van der Waals surface area contributed by atoms with E-state index in [1.807, 2.05) is 6.92 Å². The number of methoxy groups -OCH3 is 1. The molecule has 0 unspecified atom stereocenters. The molecule has 1 heterocycles. The molecule has 106 valence electrons. The number of aromatic nitrogens is 2. The van der Waals surface area contributed by atoms with Crippen molar-refractivity contribution in [1.82, 2.24) is 9.97 Å². The lowest BCUT2D eigenvalue weighted by atomic mass is 10.4. The normalized spacial score (nSPS) is 11.2. The Bertz CT molecular complexity index is 437. The maximum atomic E-state index is 12.5. The fourth-order valence-corrected chi connectivity index (χ4v) is 1.40. The first-order chi connectivity index (χ1) is 8.88. The number of rotatable bonds is 5. The summed E-state index contributed by atoms with van der Waals surface area (Å²) in [6, 6.07) is 0.783. The average molecular weight is 277 g/mol. The van der Waals surface area contributed by atoms with Gasteiger partial charge in [0.1, 0.15) is 12.2 Å². The van der Waals surface area contributed by atoms with E-state index in [9.17, 15) is 18.0 Å². The Hall–Kier alpha value is -1.86. The highest BCUT2D eigenvalue weighted by molar-refractivity contribution is 5.74. The lowest BCUT2D eigenvalue weighted by molar-refractivity contribution is -0.141. The third-order valence-corrected chi connectivity index (χ3v) is 2.26. The van der Waals surface area contributed by atoms with E-state index in [0.29, 0.717) is 13.0 Å². The molecule has 0 aromatic carbocycles. The summed E-state index contributed by atoms with van der Waals surface area (Å²) in [4.78, 5) is 19.8. The summed E-state index contributed by atoms with van der Waals surface area (Å²) < 4.78 is 42.1. The summed E-state index contributed by atoms with van der Waals surface area (Å²) in [5.41, 5.74) is -1.04. The van der Waals surface area contributed by atoms with Gasteiger partial charge >= 0.3 is 12.1 Å². The molecule has 1 aromatic heterocycles. The molecule has 0 aliphatic rings. The van der Waals surface area contributed by atoms with Gasteiger partial charge < -0.3 is 9.64 Å². The number of hydrogen-bond donors (Lipinski definition) is 0. The van der Waals surface area contributed by atoms with E-state index in [0.717, 1.165) is 12.3 Å². The molecule has 0 aliphatic carbocycles. The second kappa shape index (κ2) is 6.35. The molecule has 0 aliphatic heterocycles. The Kier molecular flexibility index (Phi) is 5.08. The molecule has 5 nitrogen and oxygen atoms in total.